The fourth-order valence-corrected chi connectivity index (χ4v) is 3.04. The average molecular weight is 365 g/mol. The molecule has 0 amide bonds. The minimum Gasteiger partial charge on any atom is -0.460 e. The normalized spacial score (nSPS) is 10.9. The number of ether oxygens (including phenoxy) is 1. The molecule has 6 nitrogen and oxygen atoms in total. The Labute approximate surface area is 153 Å². The van der Waals surface area contributed by atoms with E-state index < -0.39 is 0 Å². The fourth-order valence-electron chi connectivity index (χ4n) is 2.41. The minimum atomic E-state index is -0.312. The zero-order valence-electron chi connectivity index (χ0n) is 13.7. The number of nitrogens with zero attached hydrogens (tertiary/aromatic N) is 3. The topological polar surface area (TPSA) is 70.2 Å². The molecule has 4 rings (SSSR count). The first kappa shape index (κ1) is 16.4. The Morgan fingerprint density at radius 2 is 1.96 bits per heavy atom. The molecule has 0 radical (unpaired) electrons. The van der Waals surface area contributed by atoms with E-state index in [1.54, 1.807) is 10.9 Å². The van der Waals surface area contributed by atoms with Crippen LogP contribution in [0.5, 0.6) is 0 Å². The van der Waals surface area contributed by atoms with Gasteiger partial charge in [-0.2, -0.15) is 5.10 Å². The first-order valence-corrected chi connectivity index (χ1v) is 8.99. The summed E-state index contributed by atoms with van der Waals surface area (Å²) in [6, 6.07) is 17.1. The quantitative estimate of drug-likeness (QED) is 0.382. The number of fused-ring (bicyclic) bond motifs is 1. The fraction of sp³-hybridized carbons (Fsp3) is 0.105. The summed E-state index contributed by atoms with van der Waals surface area (Å²) < 4.78 is 12.6. The minimum absolute atomic E-state index is 0.151. The number of thioether (sulfide) groups is 1. The molecule has 26 heavy (non-hydrogen) atoms. The Morgan fingerprint density at radius 1 is 1.12 bits per heavy atom. The van der Waals surface area contributed by atoms with Crippen molar-refractivity contribution in [2.75, 3.05) is 5.75 Å². The molecule has 4 aromatic rings. The van der Waals surface area contributed by atoms with Gasteiger partial charge in [0.15, 0.2) is 5.58 Å². The van der Waals surface area contributed by atoms with E-state index in [1.807, 2.05) is 60.8 Å². The molecule has 0 spiro atoms. The van der Waals surface area contributed by atoms with E-state index >= 15 is 0 Å². The van der Waals surface area contributed by atoms with Crippen LogP contribution >= 0.6 is 11.8 Å². The lowest BCUT2D eigenvalue weighted by molar-refractivity contribution is -0.141. The molecule has 0 saturated heterocycles. The van der Waals surface area contributed by atoms with Crippen LogP contribution in [0.15, 0.2) is 76.6 Å². The van der Waals surface area contributed by atoms with Crippen molar-refractivity contribution in [2.45, 2.75) is 11.8 Å². The van der Waals surface area contributed by atoms with Crippen molar-refractivity contribution in [3.05, 3.63) is 72.6 Å². The van der Waals surface area contributed by atoms with Gasteiger partial charge >= 0.3 is 5.97 Å². The highest BCUT2D eigenvalue weighted by Crippen LogP contribution is 2.23. The molecular weight excluding hydrogens is 350 g/mol. The number of aromatic nitrogens is 3. The number of oxazole rings is 1. The van der Waals surface area contributed by atoms with Gasteiger partial charge in [-0.15, -0.1) is 0 Å². The molecule has 2 aromatic heterocycles. The van der Waals surface area contributed by atoms with Gasteiger partial charge in [0.25, 0.3) is 5.22 Å². The van der Waals surface area contributed by atoms with Crippen molar-refractivity contribution in [3.8, 4) is 5.69 Å². The standard InChI is InChI=1S/C19H15N3O3S/c23-18(13-26-19-21-16-4-1-2-5-17(16)25-19)24-12-14-6-8-15(9-7-14)22-11-3-10-20-22/h1-11H,12-13H2. The van der Waals surface area contributed by atoms with Gasteiger partial charge in [0.1, 0.15) is 17.9 Å². The second-order valence-corrected chi connectivity index (χ2v) is 6.44. The maximum atomic E-state index is 11.9. The largest absolute Gasteiger partial charge is 0.460 e. The van der Waals surface area contributed by atoms with Crippen molar-refractivity contribution in [1.29, 1.82) is 0 Å². The average Bonchev–Trinajstić information content (AvgIpc) is 3.34. The highest BCUT2D eigenvalue weighted by molar-refractivity contribution is 7.99. The molecule has 0 atom stereocenters. The van der Waals surface area contributed by atoms with Gasteiger partial charge in [-0.3, -0.25) is 4.79 Å². The molecule has 2 heterocycles. The zero-order valence-corrected chi connectivity index (χ0v) is 14.6. The number of carbonyl (C=O) groups is 1. The van der Waals surface area contributed by atoms with Crippen LogP contribution in [-0.2, 0) is 16.1 Å². The van der Waals surface area contributed by atoms with Crippen LogP contribution in [0.3, 0.4) is 0 Å². The van der Waals surface area contributed by atoms with E-state index in [9.17, 15) is 4.79 Å². The first-order valence-electron chi connectivity index (χ1n) is 8.01. The lowest BCUT2D eigenvalue weighted by atomic mass is 10.2. The number of benzene rings is 2. The predicted octanol–water partition coefficient (Wildman–Crippen LogP) is 3.85. The van der Waals surface area contributed by atoms with E-state index in [1.165, 1.54) is 11.8 Å². The SMILES string of the molecule is O=C(CSc1nc2ccccc2o1)OCc1ccc(-n2cccn2)cc1. The molecule has 2 aromatic carbocycles. The second kappa shape index (κ2) is 7.45. The Hall–Kier alpha value is -3.06. The van der Waals surface area contributed by atoms with E-state index in [4.69, 9.17) is 9.15 Å². The van der Waals surface area contributed by atoms with E-state index in [0.29, 0.717) is 10.8 Å². The number of rotatable bonds is 6. The zero-order chi connectivity index (χ0) is 17.8. The van der Waals surface area contributed by atoms with Crippen LogP contribution in [0.1, 0.15) is 5.56 Å². The summed E-state index contributed by atoms with van der Waals surface area (Å²) in [6.07, 6.45) is 3.60. The summed E-state index contributed by atoms with van der Waals surface area (Å²) in [5.41, 5.74) is 3.36. The molecule has 0 saturated carbocycles. The van der Waals surface area contributed by atoms with E-state index in [2.05, 4.69) is 10.1 Å². The lowest BCUT2D eigenvalue weighted by Gasteiger charge is -2.06. The van der Waals surface area contributed by atoms with Crippen molar-refractivity contribution >= 4 is 28.8 Å². The first-order chi connectivity index (χ1) is 12.8. The maximum Gasteiger partial charge on any atom is 0.316 e. The van der Waals surface area contributed by atoms with Gasteiger partial charge in [0, 0.05) is 12.4 Å². The summed E-state index contributed by atoms with van der Waals surface area (Å²) in [7, 11) is 0. The summed E-state index contributed by atoms with van der Waals surface area (Å²) in [6.45, 7) is 0.229. The van der Waals surface area contributed by atoms with Crippen LogP contribution < -0.4 is 0 Å². The third-order valence-corrected chi connectivity index (χ3v) is 4.49. The number of para-hydroxylation sites is 2. The molecule has 0 aliphatic rings. The summed E-state index contributed by atoms with van der Waals surface area (Å²) >= 11 is 1.23. The van der Waals surface area contributed by atoms with Gasteiger partial charge in [-0.25, -0.2) is 9.67 Å². The Kier molecular flexibility index (Phi) is 4.70. The molecule has 130 valence electrons. The molecule has 0 bridgehead atoms. The Bertz CT molecular complexity index is 977. The molecule has 0 aliphatic heterocycles. The number of hydrogen-bond donors (Lipinski definition) is 0. The third-order valence-electron chi connectivity index (χ3n) is 3.69. The maximum absolute atomic E-state index is 11.9. The van der Waals surface area contributed by atoms with Crippen molar-refractivity contribution in [3.63, 3.8) is 0 Å². The number of carbonyl (C=O) groups excluding carboxylic acids is 1. The molecule has 0 unspecified atom stereocenters. The van der Waals surface area contributed by atoms with Gasteiger partial charge < -0.3 is 9.15 Å². The van der Waals surface area contributed by atoms with Crippen LogP contribution in [0.4, 0.5) is 0 Å². The van der Waals surface area contributed by atoms with Crippen LogP contribution in [0.25, 0.3) is 16.8 Å². The van der Waals surface area contributed by atoms with Crippen LogP contribution in [0, 0.1) is 0 Å². The van der Waals surface area contributed by atoms with Crippen molar-refractivity contribution in [1.82, 2.24) is 14.8 Å². The lowest BCUT2D eigenvalue weighted by Crippen LogP contribution is -2.07. The molecule has 0 fully saturated rings. The molecule has 0 N–H and O–H groups in total. The van der Waals surface area contributed by atoms with Crippen molar-refractivity contribution in [2.24, 2.45) is 0 Å². The highest BCUT2D eigenvalue weighted by atomic mass is 32.2. The summed E-state index contributed by atoms with van der Waals surface area (Å²) in [5, 5.41) is 4.64. The van der Waals surface area contributed by atoms with Gasteiger partial charge in [-0.05, 0) is 35.9 Å². The van der Waals surface area contributed by atoms with Crippen LogP contribution in [-0.4, -0.2) is 26.5 Å². The predicted molar refractivity (Wildman–Crippen MR) is 98.1 cm³/mol. The highest BCUT2D eigenvalue weighted by Gasteiger charge is 2.10. The smallest absolute Gasteiger partial charge is 0.316 e. The molecule has 0 aliphatic carbocycles. The monoisotopic (exact) mass is 365 g/mol. The van der Waals surface area contributed by atoms with Gasteiger partial charge in [-0.1, -0.05) is 36.0 Å². The summed E-state index contributed by atoms with van der Waals surface area (Å²) in [5.74, 6) is -0.161. The van der Waals surface area contributed by atoms with Crippen LogP contribution in [0.2, 0.25) is 0 Å². The number of hydrogen-bond acceptors (Lipinski definition) is 6. The third kappa shape index (κ3) is 3.78. The Balaban J connectivity index is 1.28. The molecule has 7 heteroatoms. The van der Waals surface area contributed by atoms with Gasteiger partial charge in [0.2, 0.25) is 0 Å². The molecular formula is C19H15N3O3S. The van der Waals surface area contributed by atoms with Gasteiger partial charge in [0.05, 0.1) is 5.69 Å². The van der Waals surface area contributed by atoms with E-state index in [0.717, 1.165) is 16.8 Å². The Morgan fingerprint density at radius 3 is 2.73 bits per heavy atom. The van der Waals surface area contributed by atoms with Crippen molar-refractivity contribution < 1.29 is 13.9 Å². The number of esters is 1. The van der Waals surface area contributed by atoms with E-state index in [-0.39, 0.29) is 18.3 Å². The summed E-state index contributed by atoms with van der Waals surface area (Å²) in [4.78, 5) is 16.2. The second-order valence-electron chi connectivity index (χ2n) is 5.51.